The molecule has 6 nitrogen and oxygen atoms in total. The average Bonchev–Trinajstić information content (AvgIpc) is 3.15. The van der Waals surface area contributed by atoms with Crippen LogP contribution in [0.1, 0.15) is 28.7 Å². The number of ether oxygens (including phenoxy) is 2. The van der Waals surface area contributed by atoms with Crippen molar-refractivity contribution in [2.24, 2.45) is 0 Å². The monoisotopic (exact) mass is 404 g/mol. The first-order valence-electron chi connectivity index (χ1n) is 9.24. The van der Waals surface area contributed by atoms with Crippen LogP contribution in [0.2, 0.25) is 0 Å². The summed E-state index contributed by atoms with van der Waals surface area (Å²) in [5, 5.41) is 40.0. The fourth-order valence-electron chi connectivity index (χ4n) is 3.90. The van der Waals surface area contributed by atoms with Gasteiger partial charge in [0.25, 0.3) is 0 Å². The van der Waals surface area contributed by atoms with E-state index in [-0.39, 0.29) is 5.92 Å². The van der Waals surface area contributed by atoms with Gasteiger partial charge in [-0.2, -0.15) is 0 Å². The molecular weight excluding hydrogens is 380 g/mol. The maximum atomic E-state index is 10.4. The third-order valence-electron chi connectivity index (χ3n) is 5.55. The minimum Gasteiger partial charge on any atom is -0.497 e. The Hall–Kier alpha value is -1.61. The molecule has 2 aromatic rings. The van der Waals surface area contributed by atoms with E-state index >= 15 is 0 Å². The Labute approximate surface area is 167 Å². The van der Waals surface area contributed by atoms with Crippen LogP contribution in [0.3, 0.4) is 0 Å². The molecular formula is C21H24O6S. The Morgan fingerprint density at radius 2 is 1.71 bits per heavy atom. The summed E-state index contributed by atoms with van der Waals surface area (Å²) in [4.78, 5) is 1.18. The van der Waals surface area contributed by atoms with E-state index in [0.717, 1.165) is 22.6 Å². The number of thioether (sulfide) groups is 1. The van der Waals surface area contributed by atoms with E-state index in [1.165, 1.54) is 10.5 Å². The van der Waals surface area contributed by atoms with Crippen molar-refractivity contribution in [1.82, 2.24) is 0 Å². The van der Waals surface area contributed by atoms with Crippen molar-refractivity contribution in [3.05, 3.63) is 59.2 Å². The first kappa shape index (κ1) is 19.7. The molecule has 2 heterocycles. The molecule has 0 radical (unpaired) electrons. The largest absolute Gasteiger partial charge is 0.497 e. The highest BCUT2D eigenvalue weighted by molar-refractivity contribution is 7.99. The van der Waals surface area contributed by atoms with E-state index in [4.69, 9.17) is 9.47 Å². The van der Waals surface area contributed by atoms with E-state index in [0.29, 0.717) is 0 Å². The van der Waals surface area contributed by atoms with Gasteiger partial charge in [0.15, 0.2) is 0 Å². The van der Waals surface area contributed by atoms with Crippen molar-refractivity contribution in [3.63, 3.8) is 0 Å². The quantitative estimate of drug-likeness (QED) is 0.612. The lowest BCUT2D eigenvalue weighted by atomic mass is 9.87. The summed E-state index contributed by atoms with van der Waals surface area (Å²) < 4.78 is 11.0. The van der Waals surface area contributed by atoms with Crippen LogP contribution in [-0.2, 0) is 4.74 Å². The van der Waals surface area contributed by atoms with Gasteiger partial charge < -0.3 is 29.9 Å². The predicted octanol–water partition coefficient (Wildman–Crippen LogP) is 1.45. The number of aliphatic hydroxyl groups is 4. The van der Waals surface area contributed by atoms with Crippen molar-refractivity contribution in [2.75, 3.05) is 19.5 Å². The van der Waals surface area contributed by atoms with Gasteiger partial charge in [0.2, 0.25) is 0 Å². The molecule has 28 heavy (non-hydrogen) atoms. The highest BCUT2D eigenvalue weighted by Gasteiger charge is 2.44. The molecule has 0 saturated carbocycles. The van der Waals surface area contributed by atoms with E-state index in [1.807, 2.05) is 30.3 Å². The Morgan fingerprint density at radius 1 is 1.00 bits per heavy atom. The number of methoxy groups -OCH3 is 1. The van der Waals surface area contributed by atoms with Gasteiger partial charge in [-0.25, -0.2) is 0 Å². The number of hydrogen-bond acceptors (Lipinski definition) is 7. The maximum Gasteiger partial charge on any atom is 0.118 e. The van der Waals surface area contributed by atoms with Gasteiger partial charge in [-0.15, -0.1) is 11.8 Å². The van der Waals surface area contributed by atoms with Crippen molar-refractivity contribution >= 4 is 11.8 Å². The number of rotatable bonds is 4. The lowest BCUT2D eigenvalue weighted by Crippen LogP contribution is -2.55. The van der Waals surface area contributed by atoms with E-state index in [1.54, 1.807) is 18.9 Å². The molecule has 0 amide bonds. The molecule has 2 aliphatic heterocycles. The Balaban J connectivity index is 1.64. The third kappa shape index (κ3) is 3.43. The summed E-state index contributed by atoms with van der Waals surface area (Å²) >= 11 is 1.78. The van der Waals surface area contributed by atoms with Crippen LogP contribution >= 0.6 is 11.8 Å². The molecule has 2 aliphatic rings. The summed E-state index contributed by atoms with van der Waals surface area (Å²) in [5.41, 5.74) is 3.04. The van der Waals surface area contributed by atoms with Gasteiger partial charge in [-0.1, -0.05) is 24.3 Å². The summed E-state index contributed by atoms with van der Waals surface area (Å²) in [7, 11) is 1.64. The lowest BCUT2D eigenvalue weighted by Gasteiger charge is -2.40. The van der Waals surface area contributed by atoms with Crippen LogP contribution in [0.15, 0.2) is 47.4 Å². The van der Waals surface area contributed by atoms with Gasteiger partial charge in [-0.3, -0.25) is 0 Å². The highest BCUT2D eigenvalue weighted by Crippen LogP contribution is 2.45. The summed E-state index contributed by atoms with van der Waals surface area (Å²) in [6.07, 6.45) is -5.74. The van der Waals surface area contributed by atoms with Crippen molar-refractivity contribution in [3.8, 4) is 5.75 Å². The topological polar surface area (TPSA) is 99.4 Å². The molecule has 5 unspecified atom stereocenters. The summed E-state index contributed by atoms with van der Waals surface area (Å²) in [6.45, 7) is -0.434. The van der Waals surface area contributed by atoms with Crippen LogP contribution in [0.5, 0.6) is 5.75 Å². The summed E-state index contributed by atoms with van der Waals surface area (Å²) in [5.74, 6) is 1.93. The molecule has 6 atom stereocenters. The zero-order valence-electron chi connectivity index (χ0n) is 15.4. The molecule has 4 N–H and O–H groups in total. The molecule has 150 valence electrons. The first-order chi connectivity index (χ1) is 13.5. The number of hydrogen-bond donors (Lipinski definition) is 4. The van der Waals surface area contributed by atoms with Gasteiger partial charge in [0, 0.05) is 16.6 Å². The average molecular weight is 404 g/mol. The van der Waals surface area contributed by atoms with Crippen molar-refractivity contribution in [1.29, 1.82) is 0 Å². The van der Waals surface area contributed by atoms with E-state index in [9.17, 15) is 20.4 Å². The Bertz CT molecular complexity index is 824. The molecule has 2 aromatic carbocycles. The normalized spacial score (nSPS) is 32.2. The Kier molecular flexibility index (Phi) is 5.64. The van der Waals surface area contributed by atoms with Crippen molar-refractivity contribution < 1.29 is 29.9 Å². The second kappa shape index (κ2) is 8.02. The molecule has 0 spiro atoms. The zero-order chi connectivity index (χ0) is 19.8. The van der Waals surface area contributed by atoms with Crippen molar-refractivity contribution in [2.45, 2.75) is 41.3 Å². The molecule has 0 aliphatic carbocycles. The smallest absolute Gasteiger partial charge is 0.118 e. The van der Waals surface area contributed by atoms with E-state index < -0.39 is 37.1 Å². The number of aliphatic hydroxyl groups excluding tert-OH is 4. The van der Waals surface area contributed by atoms with Gasteiger partial charge in [0.05, 0.1) is 13.7 Å². The molecule has 0 bridgehead atoms. The minimum absolute atomic E-state index is 0.204. The molecule has 4 rings (SSSR count). The van der Waals surface area contributed by atoms with Crippen LogP contribution in [0, 0.1) is 0 Å². The number of benzene rings is 2. The SMILES string of the molecule is COc1ccc([C@@H]2CSc3ccc(C4OC(CO)C(O)C(O)C4O)cc32)cc1. The maximum absolute atomic E-state index is 10.4. The van der Waals surface area contributed by atoms with Gasteiger partial charge in [0.1, 0.15) is 36.3 Å². The summed E-state index contributed by atoms with van der Waals surface area (Å²) in [6, 6.07) is 13.9. The van der Waals surface area contributed by atoms with E-state index in [2.05, 4.69) is 12.1 Å². The van der Waals surface area contributed by atoms with Gasteiger partial charge in [-0.05, 0) is 34.9 Å². The van der Waals surface area contributed by atoms with Crippen LogP contribution < -0.4 is 4.74 Å². The predicted molar refractivity (Wildman–Crippen MR) is 105 cm³/mol. The molecule has 0 aromatic heterocycles. The molecule has 1 saturated heterocycles. The molecule has 1 fully saturated rings. The fraction of sp³-hybridized carbons (Fsp3) is 0.429. The second-order valence-corrected chi connectivity index (χ2v) is 8.25. The number of fused-ring (bicyclic) bond motifs is 1. The Morgan fingerprint density at radius 3 is 2.39 bits per heavy atom. The lowest BCUT2D eigenvalue weighted by molar-refractivity contribution is -0.231. The first-order valence-corrected chi connectivity index (χ1v) is 10.2. The van der Waals surface area contributed by atoms with Gasteiger partial charge >= 0.3 is 0 Å². The van der Waals surface area contributed by atoms with Crippen LogP contribution in [0.25, 0.3) is 0 Å². The van der Waals surface area contributed by atoms with Crippen LogP contribution in [-0.4, -0.2) is 64.3 Å². The standard InChI is InChI=1S/C21H24O6S/c1-26-13-5-2-11(3-6-13)15-10-28-17-7-4-12(8-14(15)17)21-20(25)19(24)18(23)16(9-22)27-21/h2-8,15-16,18-25H,9-10H2,1H3/t15-,16?,18?,19?,20?,21?/m0/s1. The highest BCUT2D eigenvalue weighted by atomic mass is 32.2. The molecule has 7 heteroatoms. The fourth-order valence-corrected chi connectivity index (χ4v) is 5.15. The second-order valence-electron chi connectivity index (χ2n) is 7.18. The van der Waals surface area contributed by atoms with Crippen LogP contribution in [0.4, 0.5) is 0 Å². The minimum atomic E-state index is -1.38. The zero-order valence-corrected chi connectivity index (χ0v) is 16.2. The third-order valence-corrected chi connectivity index (χ3v) is 6.74.